The molecule has 0 aliphatic heterocycles. The van der Waals surface area contributed by atoms with Crippen LogP contribution >= 0.6 is 0 Å². The molecule has 1 saturated carbocycles. The maximum atomic E-state index is 10.6. The molecule has 1 unspecified atom stereocenters. The van der Waals surface area contributed by atoms with Crippen LogP contribution in [0.25, 0.3) is 0 Å². The van der Waals surface area contributed by atoms with Crippen LogP contribution in [0.1, 0.15) is 85.5 Å². The normalized spacial score (nSPS) is 23.2. The minimum absolute atomic E-state index is 0.429. The fourth-order valence-electron chi connectivity index (χ4n) is 2.91. The van der Waals surface area contributed by atoms with Gasteiger partial charge in [-0.05, 0) is 44.4 Å². The van der Waals surface area contributed by atoms with E-state index in [1.165, 1.54) is 32.1 Å². The van der Waals surface area contributed by atoms with E-state index in [9.17, 15) is 5.11 Å². The minimum atomic E-state index is -0.451. The second-order valence-electron chi connectivity index (χ2n) is 7.52. The van der Waals surface area contributed by atoms with Gasteiger partial charge in [0.2, 0.25) is 0 Å². The van der Waals surface area contributed by atoms with Gasteiger partial charge in [0, 0.05) is 12.6 Å². The van der Waals surface area contributed by atoms with Crippen LogP contribution in [0.5, 0.6) is 0 Å². The molecule has 1 aliphatic rings. The Morgan fingerprint density at radius 3 is 2.26 bits per heavy atom. The Hall–Kier alpha value is -0.0800. The van der Waals surface area contributed by atoms with Crippen molar-refractivity contribution < 1.29 is 5.11 Å². The van der Waals surface area contributed by atoms with Gasteiger partial charge in [-0.25, -0.2) is 0 Å². The highest BCUT2D eigenvalue weighted by Gasteiger charge is 2.36. The first-order valence-corrected chi connectivity index (χ1v) is 8.33. The summed E-state index contributed by atoms with van der Waals surface area (Å²) < 4.78 is 0. The van der Waals surface area contributed by atoms with Gasteiger partial charge in [0.1, 0.15) is 0 Å². The van der Waals surface area contributed by atoms with Gasteiger partial charge in [0.15, 0.2) is 0 Å². The van der Waals surface area contributed by atoms with Crippen molar-refractivity contribution in [3.63, 3.8) is 0 Å². The van der Waals surface area contributed by atoms with E-state index in [-0.39, 0.29) is 0 Å². The first kappa shape index (κ1) is 17.0. The molecule has 0 heterocycles. The smallest absolute Gasteiger partial charge is 0.0772 e. The summed E-state index contributed by atoms with van der Waals surface area (Å²) in [5, 5.41) is 14.1. The van der Waals surface area contributed by atoms with E-state index in [1.54, 1.807) is 0 Å². The van der Waals surface area contributed by atoms with Crippen LogP contribution in [0.4, 0.5) is 0 Å². The van der Waals surface area contributed by atoms with Crippen LogP contribution in [0, 0.1) is 5.41 Å². The van der Waals surface area contributed by atoms with Crippen LogP contribution < -0.4 is 5.32 Å². The van der Waals surface area contributed by atoms with Gasteiger partial charge in [0.05, 0.1) is 5.60 Å². The molecular formula is C17H35NO. The fourth-order valence-corrected chi connectivity index (χ4v) is 2.91. The van der Waals surface area contributed by atoms with E-state index in [0.29, 0.717) is 11.5 Å². The zero-order valence-corrected chi connectivity index (χ0v) is 13.6. The van der Waals surface area contributed by atoms with Crippen LogP contribution in [0.15, 0.2) is 0 Å². The monoisotopic (exact) mass is 269 g/mol. The third-order valence-electron chi connectivity index (χ3n) is 4.80. The number of rotatable bonds is 8. The molecule has 1 aliphatic carbocycles. The third kappa shape index (κ3) is 6.76. The van der Waals surface area contributed by atoms with Gasteiger partial charge in [-0.2, -0.15) is 0 Å². The van der Waals surface area contributed by atoms with Crippen molar-refractivity contribution >= 4 is 0 Å². The van der Waals surface area contributed by atoms with E-state index >= 15 is 0 Å². The summed E-state index contributed by atoms with van der Waals surface area (Å²) in [6, 6.07) is 0.538. The predicted molar refractivity (Wildman–Crippen MR) is 83.4 cm³/mol. The molecule has 114 valence electrons. The molecule has 0 spiro atoms. The quantitative estimate of drug-likeness (QED) is 0.645. The van der Waals surface area contributed by atoms with Crippen LogP contribution in [-0.2, 0) is 0 Å². The standard InChI is InChI=1S/C17H35NO/c1-5-6-7-8-9-15(2)18-14-17(19)12-10-16(3,4)11-13-17/h15,18-19H,5-14H2,1-4H3. The Morgan fingerprint density at radius 2 is 1.68 bits per heavy atom. The van der Waals surface area contributed by atoms with Crippen LogP contribution in [-0.4, -0.2) is 23.3 Å². The van der Waals surface area contributed by atoms with Crippen molar-refractivity contribution in [1.29, 1.82) is 0 Å². The van der Waals surface area contributed by atoms with E-state index in [1.807, 2.05) is 0 Å². The number of aliphatic hydroxyl groups is 1. The number of nitrogens with one attached hydrogen (secondary N) is 1. The molecule has 1 rings (SSSR count). The Kier molecular flexibility index (Phi) is 6.82. The summed E-state index contributed by atoms with van der Waals surface area (Å²) in [6.45, 7) is 9.91. The number of hydrogen-bond acceptors (Lipinski definition) is 2. The highest BCUT2D eigenvalue weighted by atomic mass is 16.3. The van der Waals surface area contributed by atoms with E-state index in [4.69, 9.17) is 0 Å². The van der Waals surface area contributed by atoms with E-state index < -0.39 is 5.60 Å². The summed E-state index contributed by atoms with van der Waals surface area (Å²) in [7, 11) is 0. The molecule has 0 saturated heterocycles. The SMILES string of the molecule is CCCCCCC(C)NCC1(O)CCC(C)(C)CC1. The fraction of sp³-hybridized carbons (Fsp3) is 1.00. The lowest BCUT2D eigenvalue weighted by atomic mass is 9.71. The molecule has 0 aromatic heterocycles. The van der Waals surface area contributed by atoms with Gasteiger partial charge in [-0.15, -0.1) is 0 Å². The van der Waals surface area contributed by atoms with Gasteiger partial charge in [-0.3, -0.25) is 0 Å². The molecule has 0 amide bonds. The van der Waals surface area contributed by atoms with Gasteiger partial charge >= 0.3 is 0 Å². The maximum absolute atomic E-state index is 10.6. The Labute approximate surface area is 120 Å². The van der Waals surface area contributed by atoms with E-state index in [0.717, 1.165) is 32.2 Å². The lowest BCUT2D eigenvalue weighted by Crippen LogP contribution is -2.47. The average molecular weight is 269 g/mol. The van der Waals surface area contributed by atoms with Crippen molar-refractivity contribution in [2.75, 3.05) is 6.54 Å². The Bertz CT molecular complexity index is 240. The Balaban J connectivity index is 2.17. The molecule has 0 aromatic carbocycles. The number of unbranched alkanes of at least 4 members (excludes halogenated alkanes) is 3. The molecule has 0 bridgehead atoms. The van der Waals surface area contributed by atoms with E-state index in [2.05, 4.69) is 33.0 Å². The van der Waals surface area contributed by atoms with Crippen molar-refractivity contribution in [3.05, 3.63) is 0 Å². The molecule has 1 atom stereocenters. The number of hydrogen-bond donors (Lipinski definition) is 2. The topological polar surface area (TPSA) is 32.3 Å². The summed E-state index contributed by atoms with van der Waals surface area (Å²) in [6.07, 6.45) is 10.8. The summed E-state index contributed by atoms with van der Waals surface area (Å²) in [4.78, 5) is 0. The van der Waals surface area contributed by atoms with Crippen molar-refractivity contribution in [2.45, 2.75) is 97.1 Å². The highest BCUT2D eigenvalue weighted by molar-refractivity contribution is 4.91. The van der Waals surface area contributed by atoms with Crippen molar-refractivity contribution in [1.82, 2.24) is 5.32 Å². The first-order valence-electron chi connectivity index (χ1n) is 8.33. The summed E-state index contributed by atoms with van der Waals surface area (Å²) in [5.41, 5.74) is -0.0226. The molecule has 19 heavy (non-hydrogen) atoms. The molecule has 2 N–H and O–H groups in total. The van der Waals surface area contributed by atoms with Gasteiger partial charge in [0.25, 0.3) is 0 Å². The lowest BCUT2D eigenvalue weighted by Gasteiger charge is -2.40. The van der Waals surface area contributed by atoms with Crippen LogP contribution in [0.3, 0.4) is 0 Å². The van der Waals surface area contributed by atoms with Crippen molar-refractivity contribution in [3.8, 4) is 0 Å². The largest absolute Gasteiger partial charge is 0.389 e. The highest BCUT2D eigenvalue weighted by Crippen LogP contribution is 2.39. The summed E-state index contributed by atoms with van der Waals surface area (Å²) in [5.74, 6) is 0. The predicted octanol–water partition coefficient (Wildman–Crippen LogP) is 4.27. The molecule has 0 radical (unpaired) electrons. The second kappa shape index (κ2) is 7.64. The second-order valence-corrected chi connectivity index (χ2v) is 7.52. The summed E-state index contributed by atoms with van der Waals surface area (Å²) >= 11 is 0. The lowest BCUT2D eigenvalue weighted by molar-refractivity contribution is -0.0259. The molecular weight excluding hydrogens is 234 g/mol. The third-order valence-corrected chi connectivity index (χ3v) is 4.80. The zero-order chi connectivity index (χ0) is 14.4. The van der Waals surface area contributed by atoms with Crippen molar-refractivity contribution in [2.24, 2.45) is 5.41 Å². The van der Waals surface area contributed by atoms with Crippen LogP contribution in [0.2, 0.25) is 0 Å². The molecule has 1 fully saturated rings. The zero-order valence-electron chi connectivity index (χ0n) is 13.6. The molecule has 2 nitrogen and oxygen atoms in total. The molecule has 2 heteroatoms. The van der Waals surface area contributed by atoms with Gasteiger partial charge < -0.3 is 10.4 Å². The minimum Gasteiger partial charge on any atom is -0.389 e. The molecule has 0 aromatic rings. The maximum Gasteiger partial charge on any atom is 0.0772 e. The first-order chi connectivity index (χ1) is 8.87. The Morgan fingerprint density at radius 1 is 1.05 bits per heavy atom. The van der Waals surface area contributed by atoms with Gasteiger partial charge in [-0.1, -0.05) is 46.5 Å². The average Bonchev–Trinajstić information content (AvgIpc) is 2.37.